The third-order valence-corrected chi connectivity index (χ3v) is 5.19. The van der Waals surface area contributed by atoms with Crippen molar-refractivity contribution in [3.05, 3.63) is 70.9 Å². The summed E-state index contributed by atoms with van der Waals surface area (Å²) in [4.78, 5) is 18.0. The van der Waals surface area contributed by atoms with Crippen molar-refractivity contribution >= 4 is 34.0 Å². The number of fused-ring (bicyclic) bond motifs is 1. The van der Waals surface area contributed by atoms with E-state index in [9.17, 15) is 4.79 Å². The molecule has 2 aromatic carbocycles. The van der Waals surface area contributed by atoms with Crippen LogP contribution >= 0.6 is 11.6 Å². The Bertz CT molecular complexity index is 1030. The number of ether oxygens (including phenoxy) is 1. The molecule has 0 saturated carbocycles. The molecule has 5 heteroatoms. The summed E-state index contributed by atoms with van der Waals surface area (Å²) in [5, 5.41) is 1.85. The molecule has 1 N–H and O–H groups in total. The zero-order chi connectivity index (χ0) is 19.7. The van der Waals surface area contributed by atoms with E-state index in [-0.39, 0.29) is 12.0 Å². The Labute approximate surface area is 169 Å². The number of benzene rings is 2. The molecule has 0 saturated heterocycles. The molecule has 2 heterocycles. The van der Waals surface area contributed by atoms with Gasteiger partial charge in [0, 0.05) is 46.3 Å². The summed E-state index contributed by atoms with van der Waals surface area (Å²) in [5.41, 5.74) is 4.17. The first kappa shape index (κ1) is 18.6. The minimum absolute atomic E-state index is 0.0494. The minimum Gasteiger partial charge on any atom is -0.491 e. The van der Waals surface area contributed by atoms with Gasteiger partial charge in [-0.25, -0.2) is 0 Å². The second kappa shape index (κ2) is 7.72. The lowest BCUT2D eigenvalue weighted by atomic mass is 9.98. The highest BCUT2D eigenvalue weighted by Gasteiger charge is 2.20. The Balaban J connectivity index is 1.48. The number of hydrogen-bond acceptors (Lipinski definition) is 2. The van der Waals surface area contributed by atoms with Crippen molar-refractivity contribution in [2.75, 3.05) is 13.1 Å². The third-order valence-electron chi connectivity index (χ3n) is 4.96. The quantitative estimate of drug-likeness (QED) is 0.631. The molecule has 144 valence electrons. The number of aromatic nitrogens is 1. The van der Waals surface area contributed by atoms with Gasteiger partial charge in [-0.2, -0.15) is 0 Å². The predicted molar refractivity (Wildman–Crippen MR) is 114 cm³/mol. The van der Waals surface area contributed by atoms with E-state index in [4.69, 9.17) is 16.3 Å². The Hall–Kier alpha value is -2.72. The number of nitrogens with zero attached hydrogens (tertiary/aromatic N) is 1. The SMILES string of the molecule is CC(C)Oc1ccc(C(=O)N2CC=C(c3c[nH]c4ccc(Cl)cc34)CC2)cc1. The molecule has 0 unspecified atom stereocenters. The Morgan fingerprint density at radius 3 is 2.64 bits per heavy atom. The standard InChI is InChI=1S/C23H23ClN2O2/c1-15(2)28-19-6-3-17(4-7-19)23(27)26-11-9-16(10-12-26)21-14-25-22-8-5-18(24)13-20(21)22/h3-9,13-15,25H,10-12H2,1-2H3. The fourth-order valence-electron chi connectivity index (χ4n) is 3.59. The summed E-state index contributed by atoms with van der Waals surface area (Å²) in [6.07, 6.45) is 5.10. The van der Waals surface area contributed by atoms with Gasteiger partial charge < -0.3 is 14.6 Å². The highest BCUT2D eigenvalue weighted by molar-refractivity contribution is 6.31. The predicted octanol–water partition coefficient (Wildman–Crippen LogP) is 5.54. The van der Waals surface area contributed by atoms with E-state index in [1.54, 1.807) is 0 Å². The number of amides is 1. The zero-order valence-electron chi connectivity index (χ0n) is 16.0. The molecule has 1 aliphatic heterocycles. The van der Waals surface area contributed by atoms with Crippen LogP contribution in [0.2, 0.25) is 5.02 Å². The highest BCUT2D eigenvalue weighted by Crippen LogP contribution is 2.31. The summed E-state index contributed by atoms with van der Waals surface area (Å²) >= 11 is 6.16. The van der Waals surface area contributed by atoms with Crippen LogP contribution in [-0.4, -0.2) is 35.0 Å². The van der Waals surface area contributed by atoms with Gasteiger partial charge in [-0.05, 0) is 68.3 Å². The van der Waals surface area contributed by atoms with E-state index < -0.39 is 0 Å². The first-order valence-corrected chi connectivity index (χ1v) is 9.91. The lowest BCUT2D eigenvalue weighted by Gasteiger charge is -2.26. The number of aromatic amines is 1. The van der Waals surface area contributed by atoms with Gasteiger partial charge in [0.1, 0.15) is 5.75 Å². The van der Waals surface area contributed by atoms with Crippen molar-refractivity contribution in [3.63, 3.8) is 0 Å². The van der Waals surface area contributed by atoms with Crippen LogP contribution in [0.4, 0.5) is 0 Å². The number of carbonyl (C=O) groups excluding carboxylic acids is 1. The lowest BCUT2D eigenvalue weighted by Crippen LogP contribution is -2.34. The maximum absolute atomic E-state index is 12.8. The molecule has 1 aliphatic rings. The van der Waals surface area contributed by atoms with Crippen LogP contribution < -0.4 is 4.74 Å². The number of carbonyl (C=O) groups is 1. The Kier molecular flexibility index (Phi) is 5.14. The summed E-state index contributed by atoms with van der Waals surface area (Å²) in [6.45, 7) is 5.27. The second-order valence-corrected chi connectivity index (χ2v) is 7.75. The van der Waals surface area contributed by atoms with E-state index in [1.807, 2.05) is 67.4 Å². The Morgan fingerprint density at radius 2 is 1.96 bits per heavy atom. The molecule has 3 aromatic rings. The molecule has 0 aliphatic carbocycles. The average molecular weight is 395 g/mol. The van der Waals surface area contributed by atoms with Crippen molar-refractivity contribution in [2.45, 2.75) is 26.4 Å². The second-order valence-electron chi connectivity index (χ2n) is 7.31. The first-order valence-electron chi connectivity index (χ1n) is 9.53. The van der Waals surface area contributed by atoms with E-state index >= 15 is 0 Å². The number of H-pyrrole nitrogens is 1. The van der Waals surface area contributed by atoms with Crippen LogP contribution in [0.25, 0.3) is 16.5 Å². The van der Waals surface area contributed by atoms with Crippen LogP contribution in [0.3, 0.4) is 0 Å². The van der Waals surface area contributed by atoms with E-state index in [2.05, 4.69) is 11.1 Å². The summed E-state index contributed by atoms with van der Waals surface area (Å²) in [5.74, 6) is 0.832. The van der Waals surface area contributed by atoms with E-state index in [1.165, 1.54) is 11.1 Å². The van der Waals surface area contributed by atoms with E-state index in [0.29, 0.717) is 18.7 Å². The largest absolute Gasteiger partial charge is 0.491 e. The zero-order valence-corrected chi connectivity index (χ0v) is 16.8. The minimum atomic E-state index is 0.0494. The van der Waals surface area contributed by atoms with Crippen molar-refractivity contribution in [1.82, 2.24) is 9.88 Å². The van der Waals surface area contributed by atoms with Gasteiger partial charge >= 0.3 is 0 Å². The molecule has 28 heavy (non-hydrogen) atoms. The maximum Gasteiger partial charge on any atom is 0.254 e. The number of halogens is 1. The number of hydrogen-bond donors (Lipinski definition) is 1. The molecular formula is C23H23ClN2O2. The number of rotatable bonds is 4. The van der Waals surface area contributed by atoms with Crippen molar-refractivity contribution in [3.8, 4) is 5.75 Å². The average Bonchev–Trinajstić information content (AvgIpc) is 3.11. The molecule has 0 bridgehead atoms. The Morgan fingerprint density at radius 1 is 1.18 bits per heavy atom. The highest BCUT2D eigenvalue weighted by atomic mass is 35.5. The topological polar surface area (TPSA) is 45.3 Å². The van der Waals surface area contributed by atoms with Gasteiger partial charge in [-0.15, -0.1) is 0 Å². The van der Waals surface area contributed by atoms with Crippen molar-refractivity contribution in [2.24, 2.45) is 0 Å². The molecule has 0 fully saturated rings. The third kappa shape index (κ3) is 3.78. The van der Waals surface area contributed by atoms with Crippen molar-refractivity contribution < 1.29 is 9.53 Å². The molecule has 4 rings (SSSR count). The van der Waals surface area contributed by atoms with Crippen LogP contribution in [-0.2, 0) is 0 Å². The molecule has 0 atom stereocenters. The maximum atomic E-state index is 12.8. The fourth-order valence-corrected chi connectivity index (χ4v) is 3.76. The van der Waals surface area contributed by atoms with Gasteiger partial charge in [0.05, 0.1) is 6.10 Å². The van der Waals surface area contributed by atoms with Gasteiger partial charge in [0.2, 0.25) is 0 Å². The van der Waals surface area contributed by atoms with E-state index in [0.717, 1.165) is 28.1 Å². The summed E-state index contributed by atoms with van der Waals surface area (Å²) in [7, 11) is 0. The van der Waals surface area contributed by atoms with Gasteiger partial charge in [-0.3, -0.25) is 4.79 Å². The van der Waals surface area contributed by atoms with Crippen LogP contribution in [0.15, 0.2) is 54.7 Å². The monoisotopic (exact) mass is 394 g/mol. The van der Waals surface area contributed by atoms with Crippen LogP contribution in [0.5, 0.6) is 5.75 Å². The van der Waals surface area contributed by atoms with Crippen molar-refractivity contribution in [1.29, 1.82) is 0 Å². The molecule has 4 nitrogen and oxygen atoms in total. The van der Waals surface area contributed by atoms with Gasteiger partial charge in [0.15, 0.2) is 0 Å². The smallest absolute Gasteiger partial charge is 0.254 e. The van der Waals surface area contributed by atoms with Gasteiger partial charge in [-0.1, -0.05) is 17.7 Å². The molecule has 1 amide bonds. The number of nitrogens with one attached hydrogen (secondary N) is 1. The summed E-state index contributed by atoms with van der Waals surface area (Å²) < 4.78 is 5.65. The molecular weight excluding hydrogens is 372 g/mol. The normalized spacial score (nSPS) is 14.4. The molecule has 1 aromatic heterocycles. The molecule has 0 radical (unpaired) electrons. The van der Waals surface area contributed by atoms with Crippen LogP contribution in [0.1, 0.15) is 36.2 Å². The summed E-state index contributed by atoms with van der Waals surface area (Å²) in [6, 6.07) is 13.2. The molecule has 0 spiro atoms. The van der Waals surface area contributed by atoms with Gasteiger partial charge in [0.25, 0.3) is 5.91 Å². The lowest BCUT2D eigenvalue weighted by molar-refractivity contribution is 0.0773. The first-order chi connectivity index (χ1) is 13.5. The fraction of sp³-hybridized carbons (Fsp3) is 0.261. The van der Waals surface area contributed by atoms with Crippen LogP contribution in [0, 0.1) is 0 Å².